The van der Waals surface area contributed by atoms with Gasteiger partial charge in [0.2, 0.25) is 0 Å². The smallest absolute Gasteiger partial charge is 0.332 e. The topological polar surface area (TPSA) is 35.5 Å². The van der Waals surface area contributed by atoms with Crippen molar-refractivity contribution < 1.29 is 14.3 Å². The molecule has 0 saturated carbocycles. The normalized spacial score (nSPS) is 11.0. The Bertz CT molecular complexity index is 355. The van der Waals surface area contributed by atoms with Gasteiger partial charge in [-0.25, -0.2) is 4.79 Å². The number of carbonyl (C=O) groups excluding carboxylic acids is 1. The van der Waals surface area contributed by atoms with Crippen LogP contribution in [-0.2, 0) is 14.3 Å². The average Bonchev–Trinajstić information content (AvgIpc) is 2.29. The highest BCUT2D eigenvalue weighted by Crippen LogP contribution is 2.00. The van der Waals surface area contributed by atoms with Crippen LogP contribution in [-0.4, -0.2) is 25.3 Å². The SMILES string of the molecule is CC(C)OC(=O)COCC=Cc1ccccc1. The summed E-state index contributed by atoms with van der Waals surface area (Å²) in [5, 5.41) is 0. The predicted octanol–water partition coefficient (Wildman–Crippen LogP) is 2.67. The summed E-state index contributed by atoms with van der Waals surface area (Å²) in [6.45, 7) is 4.03. The largest absolute Gasteiger partial charge is 0.461 e. The molecule has 0 fully saturated rings. The van der Waals surface area contributed by atoms with Gasteiger partial charge < -0.3 is 9.47 Å². The lowest BCUT2D eigenvalue weighted by atomic mass is 10.2. The zero-order valence-electron chi connectivity index (χ0n) is 10.3. The summed E-state index contributed by atoms with van der Waals surface area (Å²) in [5.41, 5.74) is 1.11. The van der Waals surface area contributed by atoms with Gasteiger partial charge in [-0.05, 0) is 19.4 Å². The monoisotopic (exact) mass is 234 g/mol. The fraction of sp³-hybridized carbons (Fsp3) is 0.357. The van der Waals surface area contributed by atoms with Gasteiger partial charge in [0.1, 0.15) is 6.61 Å². The first-order chi connectivity index (χ1) is 8.18. The molecule has 0 aliphatic rings. The summed E-state index contributed by atoms with van der Waals surface area (Å²) >= 11 is 0. The molecule has 1 rings (SSSR count). The van der Waals surface area contributed by atoms with Crippen LogP contribution < -0.4 is 0 Å². The Kier molecular flexibility index (Phi) is 6.04. The van der Waals surface area contributed by atoms with Crippen molar-refractivity contribution in [2.75, 3.05) is 13.2 Å². The summed E-state index contributed by atoms with van der Waals surface area (Å²) in [7, 11) is 0. The summed E-state index contributed by atoms with van der Waals surface area (Å²) < 4.78 is 10.1. The molecule has 0 atom stereocenters. The Morgan fingerprint density at radius 3 is 2.65 bits per heavy atom. The fourth-order valence-corrected chi connectivity index (χ4v) is 1.26. The van der Waals surface area contributed by atoms with E-state index < -0.39 is 0 Å². The maximum atomic E-state index is 11.1. The molecule has 3 nitrogen and oxygen atoms in total. The third kappa shape index (κ3) is 6.53. The molecule has 0 unspecified atom stereocenters. The van der Waals surface area contributed by atoms with Gasteiger partial charge in [-0.15, -0.1) is 0 Å². The van der Waals surface area contributed by atoms with Crippen molar-refractivity contribution in [3.63, 3.8) is 0 Å². The fourth-order valence-electron chi connectivity index (χ4n) is 1.26. The number of ether oxygens (including phenoxy) is 2. The van der Waals surface area contributed by atoms with Crippen molar-refractivity contribution in [1.29, 1.82) is 0 Å². The molecule has 0 aliphatic carbocycles. The predicted molar refractivity (Wildman–Crippen MR) is 67.5 cm³/mol. The molecular formula is C14H18O3. The first-order valence-electron chi connectivity index (χ1n) is 5.67. The highest BCUT2D eigenvalue weighted by molar-refractivity contribution is 5.70. The molecule has 0 bridgehead atoms. The molecule has 0 heterocycles. The minimum Gasteiger partial charge on any atom is -0.461 e. The zero-order valence-corrected chi connectivity index (χ0v) is 10.3. The maximum Gasteiger partial charge on any atom is 0.332 e. The first-order valence-corrected chi connectivity index (χ1v) is 5.67. The molecule has 0 N–H and O–H groups in total. The molecule has 0 amide bonds. The number of hydrogen-bond donors (Lipinski definition) is 0. The van der Waals surface area contributed by atoms with Crippen LogP contribution in [0.2, 0.25) is 0 Å². The van der Waals surface area contributed by atoms with Crippen molar-refractivity contribution in [3.05, 3.63) is 42.0 Å². The standard InChI is InChI=1S/C14H18O3/c1-12(2)17-14(15)11-16-10-6-9-13-7-4-3-5-8-13/h3-9,12H,10-11H2,1-2H3. The van der Waals surface area contributed by atoms with Gasteiger partial charge in [0, 0.05) is 0 Å². The summed E-state index contributed by atoms with van der Waals surface area (Å²) in [4.78, 5) is 11.1. The Morgan fingerprint density at radius 1 is 1.29 bits per heavy atom. The van der Waals surface area contributed by atoms with Gasteiger partial charge in [-0.2, -0.15) is 0 Å². The number of benzene rings is 1. The molecule has 3 heteroatoms. The number of hydrogen-bond acceptors (Lipinski definition) is 3. The van der Waals surface area contributed by atoms with E-state index in [1.54, 1.807) is 0 Å². The van der Waals surface area contributed by atoms with E-state index in [1.807, 2.05) is 56.3 Å². The van der Waals surface area contributed by atoms with Crippen LogP contribution >= 0.6 is 0 Å². The van der Waals surface area contributed by atoms with Crippen molar-refractivity contribution in [1.82, 2.24) is 0 Å². The molecule has 0 aromatic heterocycles. The van der Waals surface area contributed by atoms with E-state index >= 15 is 0 Å². The van der Waals surface area contributed by atoms with Gasteiger partial charge in [0.05, 0.1) is 12.7 Å². The number of rotatable bonds is 6. The summed E-state index contributed by atoms with van der Waals surface area (Å²) in [6.07, 6.45) is 3.73. The highest BCUT2D eigenvalue weighted by atomic mass is 16.6. The van der Waals surface area contributed by atoms with E-state index in [0.717, 1.165) is 5.56 Å². The van der Waals surface area contributed by atoms with Gasteiger partial charge in [-0.1, -0.05) is 42.5 Å². The second-order valence-corrected chi connectivity index (χ2v) is 3.87. The lowest BCUT2D eigenvalue weighted by Crippen LogP contribution is -2.16. The van der Waals surface area contributed by atoms with E-state index in [2.05, 4.69) is 0 Å². The molecule has 0 aliphatic heterocycles. The van der Waals surface area contributed by atoms with Crippen LogP contribution in [0.3, 0.4) is 0 Å². The summed E-state index contributed by atoms with van der Waals surface area (Å²) in [5.74, 6) is -0.326. The molecule has 0 radical (unpaired) electrons. The van der Waals surface area contributed by atoms with Crippen molar-refractivity contribution >= 4 is 12.0 Å². The van der Waals surface area contributed by atoms with Crippen LogP contribution in [0.4, 0.5) is 0 Å². The summed E-state index contributed by atoms with van der Waals surface area (Å²) in [6, 6.07) is 9.92. The Hall–Kier alpha value is -1.61. The number of esters is 1. The minimum atomic E-state index is -0.326. The Balaban J connectivity index is 2.16. The molecule has 1 aromatic carbocycles. The first kappa shape index (κ1) is 13.5. The maximum absolute atomic E-state index is 11.1. The lowest BCUT2D eigenvalue weighted by molar-refractivity contribution is -0.152. The molecular weight excluding hydrogens is 216 g/mol. The molecule has 92 valence electrons. The highest BCUT2D eigenvalue weighted by Gasteiger charge is 2.03. The quantitative estimate of drug-likeness (QED) is 0.560. The van der Waals surface area contributed by atoms with Crippen LogP contribution in [0, 0.1) is 0 Å². The van der Waals surface area contributed by atoms with E-state index in [-0.39, 0.29) is 18.7 Å². The third-order valence-corrected chi connectivity index (χ3v) is 1.91. The molecule has 1 aromatic rings. The Morgan fingerprint density at radius 2 is 2.00 bits per heavy atom. The van der Waals surface area contributed by atoms with E-state index in [0.29, 0.717) is 6.61 Å². The van der Waals surface area contributed by atoms with Crippen LogP contribution in [0.25, 0.3) is 6.08 Å². The molecule has 0 spiro atoms. The van der Waals surface area contributed by atoms with Crippen LogP contribution in [0.1, 0.15) is 19.4 Å². The van der Waals surface area contributed by atoms with E-state index in [4.69, 9.17) is 9.47 Å². The average molecular weight is 234 g/mol. The minimum absolute atomic E-state index is 0.00267. The van der Waals surface area contributed by atoms with Crippen LogP contribution in [0.15, 0.2) is 36.4 Å². The second-order valence-electron chi connectivity index (χ2n) is 3.87. The third-order valence-electron chi connectivity index (χ3n) is 1.91. The van der Waals surface area contributed by atoms with E-state index in [1.165, 1.54) is 0 Å². The van der Waals surface area contributed by atoms with E-state index in [9.17, 15) is 4.79 Å². The lowest BCUT2D eigenvalue weighted by Gasteiger charge is -2.07. The second kappa shape index (κ2) is 7.63. The van der Waals surface area contributed by atoms with Crippen LogP contribution in [0.5, 0.6) is 0 Å². The zero-order chi connectivity index (χ0) is 12.5. The van der Waals surface area contributed by atoms with Crippen molar-refractivity contribution in [2.45, 2.75) is 20.0 Å². The Labute approximate surface area is 102 Å². The molecule has 17 heavy (non-hydrogen) atoms. The van der Waals surface area contributed by atoms with Gasteiger partial charge >= 0.3 is 5.97 Å². The van der Waals surface area contributed by atoms with Gasteiger partial charge in [-0.3, -0.25) is 0 Å². The van der Waals surface area contributed by atoms with Gasteiger partial charge in [0.15, 0.2) is 0 Å². The number of carbonyl (C=O) groups is 1. The van der Waals surface area contributed by atoms with Crippen molar-refractivity contribution in [3.8, 4) is 0 Å². The van der Waals surface area contributed by atoms with Gasteiger partial charge in [0.25, 0.3) is 0 Å². The molecule has 0 saturated heterocycles. The van der Waals surface area contributed by atoms with Crippen molar-refractivity contribution in [2.24, 2.45) is 0 Å².